The first-order chi connectivity index (χ1) is 12.6. The van der Waals surface area contributed by atoms with E-state index >= 15 is 0 Å². The van der Waals surface area contributed by atoms with Gasteiger partial charge in [-0.1, -0.05) is 30.3 Å². The highest BCUT2D eigenvalue weighted by molar-refractivity contribution is 5.97. The second kappa shape index (κ2) is 9.46. The highest BCUT2D eigenvalue weighted by atomic mass is 16.5. The van der Waals surface area contributed by atoms with E-state index in [0.29, 0.717) is 11.3 Å². The molecule has 138 valence electrons. The van der Waals surface area contributed by atoms with E-state index in [2.05, 4.69) is 10.6 Å². The molecule has 1 atom stereocenters. The van der Waals surface area contributed by atoms with Crippen LogP contribution in [0, 0.1) is 0 Å². The van der Waals surface area contributed by atoms with E-state index in [1.54, 1.807) is 31.4 Å². The number of rotatable bonds is 8. The lowest BCUT2D eigenvalue weighted by atomic mass is 10.1. The van der Waals surface area contributed by atoms with Crippen LogP contribution >= 0.6 is 0 Å². The molecular weight excluding hydrogens is 332 g/mol. The summed E-state index contributed by atoms with van der Waals surface area (Å²) in [6, 6.07) is 14.3. The Bertz CT molecular complexity index is 761. The molecule has 0 bridgehead atoms. The quantitative estimate of drug-likeness (QED) is 0.762. The lowest BCUT2D eigenvalue weighted by Crippen LogP contribution is -2.32. The molecule has 0 fully saturated rings. The minimum absolute atomic E-state index is 0.149. The third-order valence-corrected chi connectivity index (χ3v) is 3.97. The highest BCUT2D eigenvalue weighted by Crippen LogP contribution is 2.24. The second-order valence-corrected chi connectivity index (χ2v) is 5.74. The molecule has 2 aromatic rings. The molecule has 2 amide bonds. The van der Waals surface area contributed by atoms with Crippen LogP contribution in [0.1, 0.15) is 35.3 Å². The molecule has 0 saturated heterocycles. The highest BCUT2D eigenvalue weighted by Gasteiger charge is 2.15. The summed E-state index contributed by atoms with van der Waals surface area (Å²) in [4.78, 5) is 24.3. The first-order valence-corrected chi connectivity index (χ1v) is 8.40. The fourth-order valence-electron chi connectivity index (χ4n) is 2.63. The molecule has 0 aliphatic heterocycles. The van der Waals surface area contributed by atoms with E-state index < -0.39 is 0 Å². The molecule has 0 spiro atoms. The monoisotopic (exact) mass is 356 g/mol. The molecule has 0 heterocycles. The summed E-state index contributed by atoms with van der Waals surface area (Å²) in [6.45, 7) is 2.13. The van der Waals surface area contributed by atoms with E-state index in [1.807, 2.05) is 31.2 Å². The largest absolute Gasteiger partial charge is 0.496 e. The van der Waals surface area contributed by atoms with Gasteiger partial charge in [-0.25, -0.2) is 0 Å². The van der Waals surface area contributed by atoms with Crippen LogP contribution < -0.4 is 20.1 Å². The van der Waals surface area contributed by atoms with Gasteiger partial charge in [0.05, 0.1) is 25.8 Å². The van der Waals surface area contributed by atoms with E-state index in [1.165, 1.54) is 7.11 Å². The van der Waals surface area contributed by atoms with Crippen LogP contribution in [0.2, 0.25) is 0 Å². The Labute approximate surface area is 153 Å². The number of methoxy groups -OCH3 is 2. The summed E-state index contributed by atoms with van der Waals surface area (Å²) in [6.07, 6.45) is 0.181. The fraction of sp³-hybridized carbons (Fsp3) is 0.300. The van der Waals surface area contributed by atoms with Crippen LogP contribution in [-0.4, -0.2) is 32.6 Å². The number of nitrogens with one attached hydrogen (secondary N) is 2. The molecule has 1 unspecified atom stereocenters. The average Bonchev–Trinajstić information content (AvgIpc) is 2.67. The van der Waals surface area contributed by atoms with Gasteiger partial charge < -0.3 is 20.1 Å². The van der Waals surface area contributed by atoms with Gasteiger partial charge >= 0.3 is 0 Å². The van der Waals surface area contributed by atoms with Crippen molar-refractivity contribution in [3.8, 4) is 11.5 Å². The molecule has 0 radical (unpaired) electrons. The Morgan fingerprint density at radius 3 is 2.27 bits per heavy atom. The number of para-hydroxylation sites is 2. The number of ether oxygens (including phenoxy) is 2. The van der Waals surface area contributed by atoms with Gasteiger partial charge in [0, 0.05) is 18.5 Å². The van der Waals surface area contributed by atoms with Crippen molar-refractivity contribution in [2.24, 2.45) is 0 Å². The maximum atomic E-state index is 12.2. The molecular formula is C20H24N2O4. The van der Waals surface area contributed by atoms with Gasteiger partial charge in [0.25, 0.3) is 5.91 Å². The first kappa shape index (κ1) is 19.3. The van der Waals surface area contributed by atoms with Gasteiger partial charge in [0.15, 0.2) is 0 Å². The zero-order valence-corrected chi connectivity index (χ0v) is 15.2. The van der Waals surface area contributed by atoms with Crippen molar-refractivity contribution in [1.82, 2.24) is 10.6 Å². The zero-order valence-electron chi connectivity index (χ0n) is 15.2. The molecule has 0 saturated carbocycles. The minimum Gasteiger partial charge on any atom is -0.496 e. The number of benzene rings is 2. The van der Waals surface area contributed by atoms with Crippen LogP contribution in [-0.2, 0) is 4.79 Å². The molecule has 26 heavy (non-hydrogen) atoms. The SMILES string of the molecule is COc1ccccc1C(=O)NCCC(=O)NC(C)c1ccccc1OC. The van der Waals surface area contributed by atoms with Crippen molar-refractivity contribution in [3.63, 3.8) is 0 Å². The normalized spacial score (nSPS) is 11.3. The predicted molar refractivity (Wildman–Crippen MR) is 99.5 cm³/mol. The standard InChI is InChI=1S/C20H24N2O4/c1-14(15-8-4-6-10-17(15)25-2)22-19(23)12-13-21-20(24)16-9-5-7-11-18(16)26-3/h4-11,14H,12-13H2,1-3H3,(H,21,24)(H,22,23). The van der Waals surface area contributed by atoms with Crippen LogP contribution in [0.4, 0.5) is 0 Å². The average molecular weight is 356 g/mol. The number of carbonyl (C=O) groups is 2. The number of carbonyl (C=O) groups excluding carboxylic acids is 2. The van der Waals surface area contributed by atoms with Crippen LogP contribution in [0.5, 0.6) is 11.5 Å². The number of hydrogen-bond acceptors (Lipinski definition) is 4. The molecule has 6 nitrogen and oxygen atoms in total. The molecule has 2 aromatic carbocycles. The second-order valence-electron chi connectivity index (χ2n) is 5.74. The van der Waals surface area contributed by atoms with Crippen molar-refractivity contribution in [1.29, 1.82) is 0 Å². The Morgan fingerprint density at radius 2 is 1.58 bits per heavy atom. The maximum Gasteiger partial charge on any atom is 0.255 e. The molecule has 6 heteroatoms. The molecule has 0 aliphatic rings. The molecule has 0 aliphatic carbocycles. The Hall–Kier alpha value is -3.02. The van der Waals surface area contributed by atoms with Gasteiger partial charge in [-0.2, -0.15) is 0 Å². The lowest BCUT2D eigenvalue weighted by Gasteiger charge is -2.17. The smallest absolute Gasteiger partial charge is 0.255 e. The Morgan fingerprint density at radius 1 is 0.962 bits per heavy atom. The van der Waals surface area contributed by atoms with Gasteiger partial charge in [-0.15, -0.1) is 0 Å². The third-order valence-electron chi connectivity index (χ3n) is 3.97. The topological polar surface area (TPSA) is 76.7 Å². The minimum atomic E-state index is -0.270. The van der Waals surface area contributed by atoms with Crippen molar-refractivity contribution < 1.29 is 19.1 Å². The number of amides is 2. The predicted octanol–water partition coefficient (Wildman–Crippen LogP) is 2.70. The van der Waals surface area contributed by atoms with E-state index in [4.69, 9.17) is 9.47 Å². The van der Waals surface area contributed by atoms with Crippen LogP contribution in [0.15, 0.2) is 48.5 Å². The summed E-state index contributed by atoms with van der Waals surface area (Å²) in [5, 5.41) is 5.65. The van der Waals surface area contributed by atoms with E-state index in [-0.39, 0.29) is 30.8 Å². The lowest BCUT2D eigenvalue weighted by molar-refractivity contribution is -0.121. The van der Waals surface area contributed by atoms with Gasteiger partial charge in [-0.3, -0.25) is 9.59 Å². The first-order valence-electron chi connectivity index (χ1n) is 8.40. The maximum absolute atomic E-state index is 12.2. The summed E-state index contributed by atoms with van der Waals surface area (Å²) in [7, 11) is 3.11. The summed E-state index contributed by atoms with van der Waals surface area (Å²) < 4.78 is 10.5. The van der Waals surface area contributed by atoms with E-state index in [0.717, 1.165) is 11.3 Å². The van der Waals surface area contributed by atoms with Crippen molar-refractivity contribution in [2.45, 2.75) is 19.4 Å². The van der Waals surface area contributed by atoms with Gasteiger partial charge in [-0.05, 0) is 25.1 Å². The molecule has 2 rings (SSSR count). The van der Waals surface area contributed by atoms with Crippen molar-refractivity contribution in [2.75, 3.05) is 20.8 Å². The Kier molecular flexibility index (Phi) is 7.02. The summed E-state index contributed by atoms with van der Waals surface area (Å²) in [5.41, 5.74) is 1.35. The van der Waals surface area contributed by atoms with Crippen molar-refractivity contribution in [3.05, 3.63) is 59.7 Å². The van der Waals surface area contributed by atoms with Crippen LogP contribution in [0.3, 0.4) is 0 Å². The van der Waals surface area contributed by atoms with Gasteiger partial charge in [0.2, 0.25) is 5.91 Å². The van der Waals surface area contributed by atoms with Crippen molar-refractivity contribution >= 4 is 11.8 Å². The van der Waals surface area contributed by atoms with E-state index in [9.17, 15) is 9.59 Å². The summed E-state index contributed by atoms with van der Waals surface area (Å²) >= 11 is 0. The molecule has 0 aromatic heterocycles. The zero-order chi connectivity index (χ0) is 18.9. The summed E-state index contributed by atoms with van der Waals surface area (Å²) in [5.74, 6) is 0.806. The fourth-order valence-corrected chi connectivity index (χ4v) is 2.63. The van der Waals surface area contributed by atoms with Crippen LogP contribution in [0.25, 0.3) is 0 Å². The van der Waals surface area contributed by atoms with Gasteiger partial charge in [0.1, 0.15) is 11.5 Å². The number of hydrogen-bond donors (Lipinski definition) is 2. The third kappa shape index (κ3) is 4.99. The molecule has 2 N–H and O–H groups in total. The Balaban J connectivity index is 1.84.